The molecule has 1 fully saturated rings. The van der Waals surface area contributed by atoms with E-state index in [9.17, 15) is 22.7 Å². The van der Waals surface area contributed by atoms with Crippen LogP contribution in [-0.4, -0.2) is 43.0 Å². The second kappa shape index (κ2) is 7.40. The van der Waals surface area contributed by atoms with Gasteiger partial charge < -0.3 is 11.1 Å². The standard InChI is InChI=1S/C20H21ClF2N4O3S/c1-11-6-12(21)8-25-16(11)17(28)26-13-2-3-15(23)14(7-13)19(9-22)10-31(29,30)20(4-5-20)18(24)27-19/h2-3,6-8,29-30H,4-5,9-10H2,1H3,(H2,24,27)(H,26,28)/t19-/m0/s1. The third-order valence-corrected chi connectivity index (χ3v) is 8.73. The zero-order valence-corrected chi connectivity index (χ0v) is 18.1. The Kier molecular flexibility index (Phi) is 5.24. The molecule has 1 saturated carbocycles. The number of aryl methyl sites for hydroxylation is 1. The number of aromatic nitrogens is 1. The Morgan fingerprint density at radius 1 is 1.35 bits per heavy atom. The van der Waals surface area contributed by atoms with Gasteiger partial charge in [-0.25, -0.2) is 13.8 Å². The number of amidine groups is 1. The van der Waals surface area contributed by atoms with Gasteiger partial charge in [0.1, 0.15) is 34.3 Å². The first-order valence-electron chi connectivity index (χ1n) is 9.44. The van der Waals surface area contributed by atoms with Crippen LogP contribution >= 0.6 is 22.2 Å². The van der Waals surface area contributed by atoms with Gasteiger partial charge >= 0.3 is 0 Å². The van der Waals surface area contributed by atoms with E-state index < -0.39 is 45.0 Å². The number of anilines is 1. The number of benzene rings is 1. The summed E-state index contributed by atoms with van der Waals surface area (Å²) in [5.74, 6) is -1.92. The van der Waals surface area contributed by atoms with Crippen molar-refractivity contribution in [3.8, 4) is 0 Å². The van der Waals surface area contributed by atoms with Crippen molar-refractivity contribution in [3.05, 3.63) is 58.1 Å². The van der Waals surface area contributed by atoms with Crippen LogP contribution in [0.2, 0.25) is 5.02 Å². The lowest BCUT2D eigenvalue weighted by molar-refractivity contribution is 0.102. The van der Waals surface area contributed by atoms with Crippen LogP contribution < -0.4 is 11.1 Å². The number of nitrogens with two attached hydrogens (primary N) is 1. The predicted octanol–water partition coefficient (Wildman–Crippen LogP) is 4.25. The van der Waals surface area contributed by atoms with Crippen LogP contribution in [0.15, 0.2) is 35.5 Å². The van der Waals surface area contributed by atoms with Crippen molar-refractivity contribution >= 4 is 39.6 Å². The van der Waals surface area contributed by atoms with Crippen molar-refractivity contribution in [2.24, 2.45) is 10.7 Å². The van der Waals surface area contributed by atoms with E-state index in [2.05, 4.69) is 15.3 Å². The van der Waals surface area contributed by atoms with E-state index in [-0.39, 0.29) is 22.8 Å². The molecular formula is C20H21ClF2N4O3S. The molecule has 0 saturated heterocycles. The van der Waals surface area contributed by atoms with Crippen molar-refractivity contribution in [1.82, 2.24) is 4.98 Å². The molecule has 1 aliphatic carbocycles. The number of aliphatic imine (C=N–C) groups is 1. The van der Waals surface area contributed by atoms with Crippen molar-refractivity contribution < 1.29 is 22.7 Å². The minimum Gasteiger partial charge on any atom is -0.386 e. The van der Waals surface area contributed by atoms with Gasteiger partial charge in [-0.05, 0) is 49.6 Å². The molecular weight excluding hydrogens is 450 g/mol. The van der Waals surface area contributed by atoms with Crippen LogP contribution in [0, 0.1) is 12.7 Å². The first-order valence-corrected chi connectivity index (χ1v) is 11.5. The molecule has 1 amide bonds. The Labute approximate surface area is 184 Å². The van der Waals surface area contributed by atoms with E-state index in [0.29, 0.717) is 23.4 Å². The highest BCUT2D eigenvalue weighted by atomic mass is 35.5. The highest BCUT2D eigenvalue weighted by molar-refractivity contribution is 8.26. The van der Waals surface area contributed by atoms with Crippen molar-refractivity contribution in [2.75, 3.05) is 17.7 Å². The summed E-state index contributed by atoms with van der Waals surface area (Å²) < 4.78 is 49.4. The van der Waals surface area contributed by atoms with Crippen LogP contribution in [0.25, 0.3) is 0 Å². The number of nitrogens with zero attached hydrogens (tertiary/aromatic N) is 2. The molecule has 4 rings (SSSR count). The Bertz CT molecular complexity index is 1110. The number of halogens is 3. The normalized spacial score (nSPS) is 24.4. The summed E-state index contributed by atoms with van der Waals surface area (Å²) in [4.78, 5) is 20.8. The molecule has 1 aromatic heterocycles. The summed E-state index contributed by atoms with van der Waals surface area (Å²) in [5.41, 5.74) is 4.71. The number of carbonyl (C=O) groups is 1. The number of hydrogen-bond donors (Lipinski definition) is 4. The number of pyridine rings is 1. The maximum atomic E-state index is 14.8. The quantitative estimate of drug-likeness (QED) is 0.532. The topological polar surface area (TPSA) is 121 Å². The molecule has 7 nitrogen and oxygen atoms in total. The van der Waals surface area contributed by atoms with Crippen LogP contribution in [-0.2, 0) is 5.54 Å². The van der Waals surface area contributed by atoms with Crippen LogP contribution in [0.5, 0.6) is 0 Å². The minimum absolute atomic E-state index is 0.0776. The molecule has 1 aliphatic heterocycles. The number of amides is 1. The number of nitrogens with one attached hydrogen (secondary N) is 1. The number of hydrogen-bond acceptors (Lipinski definition) is 6. The molecule has 166 valence electrons. The van der Waals surface area contributed by atoms with Gasteiger partial charge in [-0.2, -0.15) is 10.6 Å². The summed E-state index contributed by atoms with van der Waals surface area (Å²) in [7, 11) is -3.34. The monoisotopic (exact) mass is 470 g/mol. The van der Waals surface area contributed by atoms with Gasteiger partial charge in [-0.3, -0.25) is 18.9 Å². The van der Waals surface area contributed by atoms with Gasteiger partial charge in [0.25, 0.3) is 5.91 Å². The van der Waals surface area contributed by atoms with E-state index in [0.717, 1.165) is 6.07 Å². The summed E-state index contributed by atoms with van der Waals surface area (Å²) >= 11 is 5.86. The highest BCUT2D eigenvalue weighted by Gasteiger charge is 2.63. The van der Waals surface area contributed by atoms with E-state index in [1.165, 1.54) is 18.3 Å². The fraction of sp³-hybridized carbons (Fsp3) is 0.350. The highest BCUT2D eigenvalue weighted by Crippen LogP contribution is 2.70. The summed E-state index contributed by atoms with van der Waals surface area (Å²) in [5, 5.41) is 2.97. The molecule has 2 aliphatic rings. The van der Waals surface area contributed by atoms with Crippen molar-refractivity contribution in [3.63, 3.8) is 0 Å². The zero-order chi connectivity index (χ0) is 22.6. The zero-order valence-electron chi connectivity index (χ0n) is 16.5. The lowest BCUT2D eigenvalue weighted by Gasteiger charge is -2.49. The third-order valence-electron chi connectivity index (χ3n) is 5.78. The van der Waals surface area contributed by atoms with Crippen molar-refractivity contribution in [1.29, 1.82) is 0 Å². The summed E-state index contributed by atoms with van der Waals surface area (Å²) in [6, 6.07) is 5.18. The average molecular weight is 471 g/mol. The molecule has 2 heterocycles. The van der Waals surface area contributed by atoms with E-state index >= 15 is 0 Å². The molecule has 1 aromatic carbocycles. The summed E-state index contributed by atoms with van der Waals surface area (Å²) in [6.07, 6.45) is 2.22. The predicted molar refractivity (Wildman–Crippen MR) is 117 cm³/mol. The largest absolute Gasteiger partial charge is 0.386 e. The second-order valence-electron chi connectivity index (χ2n) is 7.94. The van der Waals surface area contributed by atoms with Gasteiger partial charge in [-0.1, -0.05) is 11.6 Å². The SMILES string of the molecule is Cc1cc(Cl)cnc1C(=O)Nc1ccc(F)c([C@]2(CF)CS(O)(O)C3(CC3)C(N)=N2)c1. The lowest BCUT2D eigenvalue weighted by Crippen LogP contribution is -2.50. The maximum Gasteiger partial charge on any atom is 0.274 e. The Hall–Kier alpha value is -2.27. The second-order valence-corrected chi connectivity index (χ2v) is 10.8. The molecule has 0 radical (unpaired) electrons. The van der Waals surface area contributed by atoms with E-state index in [4.69, 9.17) is 17.3 Å². The Morgan fingerprint density at radius 3 is 2.65 bits per heavy atom. The molecule has 2 aromatic rings. The fourth-order valence-electron chi connectivity index (χ4n) is 3.91. The number of carbonyl (C=O) groups excluding carboxylic acids is 1. The molecule has 0 bridgehead atoms. The molecule has 11 heteroatoms. The molecule has 0 unspecified atom stereocenters. The lowest BCUT2D eigenvalue weighted by atomic mass is 9.92. The van der Waals surface area contributed by atoms with Gasteiger partial charge in [0.15, 0.2) is 0 Å². The van der Waals surface area contributed by atoms with E-state index in [1.807, 2.05) is 0 Å². The van der Waals surface area contributed by atoms with Gasteiger partial charge in [0, 0.05) is 17.4 Å². The molecule has 5 N–H and O–H groups in total. The Morgan fingerprint density at radius 2 is 2.06 bits per heavy atom. The minimum atomic E-state index is -3.34. The number of rotatable bonds is 4. The van der Waals surface area contributed by atoms with Crippen LogP contribution in [0.1, 0.15) is 34.5 Å². The average Bonchev–Trinajstić information content (AvgIpc) is 3.50. The first-order chi connectivity index (χ1) is 14.5. The van der Waals surface area contributed by atoms with Gasteiger partial charge in [0.05, 0.1) is 10.8 Å². The van der Waals surface area contributed by atoms with E-state index in [1.54, 1.807) is 13.0 Å². The number of alkyl halides is 1. The van der Waals surface area contributed by atoms with Gasteiger partial charge in [-0.15, -0.1) is 0 Å². The van der Waals surface area contributed by atoms with Crippen LogP contribution in [0.3, 0.4) is 0 Å². The molecule has 1 spiro atoms. The summed E-state index contributed by atoms with van der Waals surface area (Å²) in [6.45, 7) is 0.478. The molecule has 1 atom stereocenters. The first kappa shape index (κ1) is 21.9. The van der Waals surface area contributed by atoms with Crippen LogP contribution in [0.4, 0.5) is 14.5 Å². The fourth-order valence-corrected chi connectivity index (χ4v) is 6.49. The Balaban J connectivity index is 1.71. The van der Waals surface area contributed by atoms with Crippen molar-refractivity contribution in [2.45, 2.75) is 30.1 Å². The maximum absolute atomic E-state index is 14.8. The smallest absolute Gasteiger partial charge is 0.274 e. The third kappa shape index (κ3) is 3.57. The van der Waals surface area contributed by atoms with Gasteiger partial charge in [0.2, 0.25) is 0 Å². The molecule has 31 heavy (non-hydrogen) atoms.